The lowest BCUT2D eigenvalue weighted by atomic mass is 9.96. The molecule has 3 aromatic rings. The van der Waals surface area contributed by atoms with E-state index in [4.69, 9.17) is 24.2 Å². The normalized spacial score (nSPS) is 14.6. The number of hydrogen-bond donors (Lipinski definition) is 2. The molecule has 0 amide bonds. The Morgan fingerprint density at radius 1 is 0.812 bits per heavy atom. The molecule has 1 saturated heterocycles. The van der Waals surface area contributed by atoms with Crippen LogP contribution in [0, 0.1) is 6.92 Å². The van der Waals surface area contributed by atoms with Crippen LogP contribution in [-0.4, -0.2) is 58.1 Å². The van der Waals surface area contributed by atoms with Crippen molar-refractivity contribution in [3.05, 3.63) is 95.4 Å². The predicted octanol–water partition coefficient (Wildman–Crippen LogP) is 3.65. The van der Waals surface area contributed by atoms with Gasteiger partial charge in [-0.1, -0.05) is 60.7 Å². The topological polar surface area (TPSA) is 94.2 Å². The van der Waals surface area contributed by atoms with Crippen LogP contribution in [0.2, 0.25) is 0 Å². The number of furan rings is 1. The summed E-state index contributed by atoms with van der Waals surface area (Å²) in [4.78, 5) is 23.3. The van der Waals surface area contributed by atoms with Crippen molar-refractivity contribution in [1.29, 1.82) is 0 Å². The summed E-state index contributed by atoms with van der Waals surface area (Å²) in [5, 5.41) is 14.8. The van der Waals surface area contributed by atoms with Crippen molar-refractivity contribution in [2.24, 2.45) is 0 Å². The molecule has 1 aliphatic rings. The summed E-state index contributed by atoms with van der Waals surface area (Å²) < 4.78 is 5.74. The maximum Gasteiger partial charge on any atom is 0.414 e. The predicted molar refractivity (Wildman–Crippen MR) is 120 cm³/mol. The highest BCUT2D eigenvalue weighted by Crippen LogP contribution is 2.29. The second-order valence-electron chi connectivity index (χ2n) is 7.66. The van der Waals surface area contributed by atoms with E-state index < -0.39 is 11.9 Å². The molecular formula is C25H28N2O5. The molecule has 32 heavy (non-hydrogen) atoms. The van der Waals surface area contributed by atoms with Gasteiger partial charge in [-0.05, 0) is 30.2 Å². The lowest BCUT2D eigenvalue weighted by molar-refractivity contribution is -0.159. The van der Waals surface area contributed by atoms with Crippen LogP contribution in [0.3, 0.4) is 0 Å². The Labute approximate surface area is 187 Å². The number of carbonyl (C=O) groups is 2. The molecule has 0 unspecified atom stereocenters. The van der Waals surface area contributed by atoms with E-state index in [0.29, 0.717) is 6.04 Å². The first kappa shape index (κ1) is 23.2. The lowest BCUT2D eigenvalue weighted by Gasteiger charge is -2.39. The third-order valence-corrected chi connectivity index (χ3v) is 5.36. The van der Waals surface area contributed by atoms with E-state index in [0.717, 1.165) is 44.2 Å². The third kappa shape index (κ3) is 6.54. The Morgan fingerprint density at radius 3 is 1.72 bits per heavy atom. The molecule has 0 aliphatic carbocycles. The molecule has 1 aliphatic heterocycles. The van der Waals surface area contributed by atoms with Crippen LogP contribution < -0.4 is 0 Å². The Kier molecular flexibility index (Phi) is 8.19. The van der Waals surface area contributed by atoms with Gasteiger partial charge < -0.3 is 14.6 Å². The molecular weight excluding hydrogens is 408 g/mol. The van der Waals surface area contributed by atoms with E-state index in [2.05, 4.69) is 76.5 Å². The van der Waals surface area contributed by atoms with Crippen LogP contribution in [-0.2, 0) is 16.1 Å². The molecule has 7 nitrogen and oxygen atoms in total. The van der Waals surface area contributed by atoms with Gasteiger partial charge in [0.05, 0.1) is 12.6 Å². The molecule has 2 N–H and O–H groups in total. The van der Waals surface area contributed by atoms with Gasteiger partial charge in [-0.2, -0.15) is 0 Å². The van der Waals surface area contributed by atoms with Crippen molar-refractivity contribution < 1.29 is 24.2 Å². The molecule has 168 valence electrons. The minimum absolute atomic E-state index is 0.324. The largest absolute Gasteiger partial charge is 0.473 e. The van der Waals surface area contributed by atoms with Crippen LogP contribution in [0.4, 0.5) is 0 Å². The summed E-state index contributed by atoms with van der Waals surface area (Å²) in [5.41, 5.74) is 2.74. The second kappa shape index (κ2) is 11.3. The van der Waals surface area contributed by atoms with Crippen LogP contribution in [0.15, 0.2) is 77.2 Å². The maximum atomic E-state index is 9.10. The zero-order chi connectivity index (χ0) is 22.9. The highest BCUT2D eigenvalue weighted by molar-refractivity contribution is 6.27. The molecule has 0 atom stereocenters. The maximum absolute atomic E-state index is 9.10. The first-order valence-electron chi connectivity index (χ1n) is 10.5. The van der Waals surface area contributed by atoms with Gasteiger partial charge in [0.15, 0.2) is 0 Å². The zero-order valence-electron chi connectivity index (χ0n) is 18.1. The number of piperazine rings is 1. The van der Waals surface area contributed by atoms with Gasteiger partial charge in [-0.3, -0.25) is 9.80 Å². The quantitative estimate of drug-likeness (QED) is 0.590. The molecule has 0 radical (unpaired) electrons. The number of carboxylic acids is 2. The summed E-state index contributed by atoms with van der Waals surface area (Å²) in [6, 6.07) is 26.2. The average Bonchev–Trinajstić information content (AvgIpc) is 3.21. The highest BCUT2D eigenvalue weighted by Gasteiger charge is 2.26. The molecule has 1 fully saturated rings. The van der Waals surface area contributed by atoms with Crippen LogP contribution in [0.25, 0.3) is 0 Å². The SMILES string of the molecule is Cc1ccc(CN2CCN(C(c3ccccc3)c3ccccc3)CC2)o1.O=C(O)C(=O)O. The van der Waals surface area contributed by atoms with E-state index in [1.807, 2.05) is 13.0 Å². The van der Waals surface area contributed by atoms with Crippen molar-refractivity contribution in [2.75, 3.05) is 26.2 Å². The summed E-state index contributed by atoms with van der Waals surface area (Å²) in [7, 11) is 0. The number of carboxylic acid groups (broad SMARTS) is 2. The van der Waals surface area contributed by atoms with Crippen molar-refractivity contribution >= 4 is 11.9 Å². The Hall–Kier alpha value is -3.42. The first-order valence-corrected chi connectivity index (χ1v) is 10.5. The average molecular weight is 437 g/mol. The molecule has 0 saturated carbocycles. The number of benzene rings is 2. The van der Waals surface area contributed by atoms with Crippen LogP contribution >= 0.6 is 0 Å². The Balaban J connectivity index is 0.000000427. The first-order chi connectivity index (χ1) is 15.4. The van der Waals surface area contributed by atoms with Gasteiger partial charge in [-0.25, -0.2) is 9.59 Å². The fourth-order valence-electron chi connectivity index (χ4n) is 3.85. The Morgan fingerprint density at radius 2 is 1.31 bits per heavy atom. The van der Waals surface area contributed by atoms with E-state index in [1.165, 1.54) is 11.1 Å². The highest BCUT2D eigenvalue weighted by atomic mass is 16.4. The van der Waals surface area contributed by atoms with E-state index >= 15 is 0 Å². The molecule has 0 bridgehead atoms. The number of aryl methyl sites for hydroxylation is 1. The van der Waals surface area contributed by atoms with Gasteiger partial charge in [0.2, 0.25) is 0 Å². The Bertz CT molecular complexity index is 944. The number of rotatable bonds is 5. The second-order valence-corrected chi connectivity index (χ2v) is 7.66. The zero-order valence-corrected chi connectivity index (χ0v) is 18.1. The van der Waals surface area contributed by atoms with Crippen molar-refractivity contribution in [1.82, 2.24) is 9.80 Å². The van der Waals surface area contributed by atoms with E-state index in [1.54, 1.807) is 0 Å². The fraction of sp³-hybridized carbons (Fsp3) is 0.280. The van der Waals surface area contributed by atoms with Crippen LogP contribution in [0.5, 0.6) is 0 Å². The lowest BCUT2D eigenvalue weighted by Crippen LogP contribution is -2.47. The van der Waals surface area contributed by atoms with Crippen LogP contribution in [0.1, 0.15) is 28.7 Å². The van der Waals surface area contributed by atoms with Gasteiger partial charge in [0.25, 0.3) is 0 Å². The summed E-state index contributed by atoms with van der Waals surface area (Å²) >= 11 is 0. The van der Waals surface area contributed by atoms with Gasteiger partial charge in [-0.15, -0.1) is 0 Å². The summed E-state index contributed by atoms with van der Waals surface area (Å²) in [6.45, 7) is 7.17. The number of aliphatic carboxylic acids is 2. The van der Waals surface area contributed by atoms with E-state index in [9.17, 15) is 0 Å². The van der Waals surface area contributed by atoms with Crippen molar-refractivity contribution in [3.8, 4) is 0 Å². The molecule has 1 aromatic heterocycles. The minimum atomic E-state index is -1.82. The summed E-state index contributed by atoms with van der Waals surface area (Å²) in [6.07, 6.45) is 0. The standard InChI is InChI=1S/C23H26N2O.C2H2O4/c1-19-12-13-22(26-19)18-24-14-16-25(17-15-24)23(20-8-4-2-5-9-20)21-10-6-3-7-11-21;3-1(4)2(5)6/h2-13,23H,14-18H2,1H3;(H,3,4)(H,5,6). The summed E-state index contributed by atoms with van der Waals surface area (Å²) in [5.74, 6) is -1.59. The van der Waals surface area contributed by atoms with Gasteiger partial charge >= 0.3 is 11.9 Å². The fourth-order valence-corrected chi connectivity index (χ4v) is 3.85. The van der Waals surface area contributed by atoms with Gasteiger partial charge in [0.1, 0.15) is 11.5 Å². The molecule has 4 rings (SSSR count). The van der Waals surface area contributed by atoms with Crippen molar-refractivity contribution in [3.63, 3.8) is 0 Å². The van der Waals surface area contributed by atoms with Gasteiger partial charge in [0, 0.05) is 26.2 Å². The molecule has 2 heterocycles. The van der Waals surface area contributed by atoms with E-state index in [-0.39, 0.29) is 0 Å². The smallest absolute Gasteiger partial charge is 0.414 e. The monoisotopic (exact) mass is 436 g/mol. The number of nitrogens with zero attached hydrogens (tertiary/aromatic N) is 2. The molecule has 0 spiro atoms. The number of hydrogen-bond acceptors (Lipinski definition) is 5. The minimum Gasteiger partial charge on any atom is -0.473 e. The third-order valence-electron chi connectivity index (χ3n) is 5.36. The molecule has 2 aromatic carbocycles. The molecule has 7 heteroatoms. The van der Waals surface area contributed by atoms with Crippen molar-refractivity contribution in [2.45, 2.75) is 19.5 Å².